The summed E-state index contributed by atoms with van der Waals surface area (Å²) in [5, 5.41) is 0.499. The summed E-state index contributed by atoms with van der Waals surface area (Å²) in [6, 6.07) is 13.4. The second kappa shape index (κ2) is 4.99. The van der Waals surface area contributed by atoms with E-state index in [4.69, 9.17) is 16.3 Å². The van der Waals surface area contributed by atoms with E-state index in [0.717, 1.165) is 17.0 Å². The molecule has 0 fully saturated rings. The van der Waals surface area contributed by atoms with Crippen LogP contribution in [0.2, 0.25) is 5.15 Å². The molecule has 82 valence electrons. The lowest BCUT2D eigenvalue weighted by Crippen LogP contribution is -1.91. The second-order valence-corrected chi connectivity index (χ2v) is 3.69. The van der Waals surface area contributed by atoms with E-state index >= 15 is 0 Å². The Morgan fingerprint density at radius 3 is 2.75 bits per heavy atom. The zero-order valence-corrected chi connectivity index (χ0v) is 9.74. The van der Waals surface area contributed by atoms with Gasteiger partial charge in [0.2, 0.25) is 0 Å². The maximum atomic E-state index is 5.85. The number of ether oxygens (including phenoxy) is 1. The van der Waals surface area contributed by atoms with Gasteiger partial charge in [-0.05, 0) is 31.2 Å². The molecule has 0 aliphatic rings. The highest BCUT2D eigenvalue weighted by molar-refractivity contribution is 6.29. The molecule has 2 aromatic rings. The number of hydrogen-bond acceptors (Lipinski definition) is 2. The van der Waals surface area contributed by atoms with Crippen molar-refractivity contribution < 1.29 is 4.74 Å². The van der Waals surface area contributed by atoms with Crippen LogP contribution in [0.5, 0.6) is 5.75 Å². The van der Waals surface area contributed by atoms with Crippen molar-refractivity contribution in [1.29, 1.82) is 0 Å². The first-order valence-corrected chi connectivity index (χ1v) is 5.53. The molecular formula is C13H12ClNO. The predicted octanol–water partition coefficient (Wildman–Crippen LogP) is 3.80. The topological polar surface area (TPSA) is 22.1 Å². The van der Waals surface area contributed by atoms with Gasteiger partial charge in [-0.3, -0.25) is 0 Å². The zero-order chi connectivity index (χ0) is 11.4. The van der Waals surface area contributed by atoms with Crippen LogP contribution in [-0.2, 0) is 0 Å². The number of rotatable bonds is 3. The van der Waals surface area contributed by atoms with Gasteiger partial charge >= 0.3 is 0 Å². The van der Waals surface area contributed by atoms with Crippen LogP contribution in [0.4, 0.5) is 0 Å². The molecule has 1 aromatic heterocycles. The monoisotopic (exact) mass is 233 g/mol. The standard InChI is InChI=1S/C13H12ClNO/c1-2-16-11-6-3-5-10(9-11)12-7-4-8-13(14)15-12/h3-9H,2H2,1H3. The Hall–Kier alpha value is -1.54. The number of aromatic nitrogens is 1. The Labute approximate surface area is 99.9 Å². The highest BCUT2D eigenvalue weighted by Crippen LogP contribution is 2.23. The molecule has 1 heterocycles. The minimum absolute atomic E-state index is 0.499. The Balaban J connectivity index is 2.36. The first-order chi connectivity index (χ1) is 7.79. The van der Waals surface area contributed by atoms with E-state index in [-0.39, 0.29) is 0 Å². The van der Waals surface area contributed by atoms with E-state index in [1.165, 1.54) is 0 Å². The first kappa shape index (κ1) is 11.0. The van der Waals surface area contributed by atoms with Crippen molar-refractivity contribution in [2.24, 2.45) is 0 Å². The third kappa shape index (κ3) is 2.52. The number of halogens is 1. The van der Waals surface area contributed by atoms with Gasteiger partial charge in [-0.15, -0.1) is 0 Å². The maximum absolute atomic E-state index is 5.85. The van der Waals surface area contributed by atoms with E-state index in [1.807, 2.05) is 43.3 Å². The Bertz CT molecular complexity index is 485. The van der Waals surface area contributed by atoms with Crippen LogP contribution in [0.25, 0.3) is 11.3 Å². The molecule has 3 heteroatoms. The van der Waals surface area contributed by atoms with Gasteiger partial charge in [0.15, 0.2) is 0 Å². The van der Waals surface area contributed by atoms with E-state index in [9.17, 15) is 0 Å². The molecule has 0 amide bonds. The van der Waals surface area contributed by atoms with Crippen LogP contribution < -0.4 is 4.74 Å². The zero-order valence-electron chi connectivity index (χ0n) is 8.98. The number of nitrogens with zero attached hydrogens (tertiary/aromatic N) is 1. The molecule has 2 nitrogen and oxygen atoms in total. The second-order valence-electron chi connectivity index (χ2n) is 3.31. The van der Waals surface area contributed by atoms with Gasteiger partial charge in [0.25, 0.3) is 0 Å². The summed E-state index contributed by atoms with van der Waals surface area (Å²) in [4.78, 5) is 4.25. The quantitative estimate of drug-likeness (QED) is 0.753. The van der Waals surface area contributed by atoms with E-state index < -0.39 is 0 Å². The Morgan fingerprint density at radius 2 is 2.00 bits per heavy atom. The van der Waals surface area contributed by atoms with Gasteiger partial charge in [0.1, 0.15) is 10.9 Å². The normalized spacial score (nSPS) is 10.1. The Morgan fingerprint density at radius 1 is 1.19 bits per heavy atom. The highest BCUT2D eigenvalue weighted by atomic mass is 35.5. The van der Waals surface area contributed by atoms with Crippen LogP contribution in [0.15, 0.2) is 42.5 Å². The van der Waals surface area contributed by atoms with Crippen molar-refractivity contribution >= 4 is 11.6 Å². The van der Waals surface area contributed by atoms with E-state index in [1.54, 1.807) is 6.07 Å². The van der Waals surface area contributed by atoms with Crippen LogP contribution >= 0.6 is 11.6 Å². The number of pyridine rings is 1. The van der Waals surface area contributed by atoms with Crippen LogP contribution in [0.1, 0.15) is 6.92 Å². The maximum Gasteiger partial charge on any atom is 0.129 e. The summed E-state index contributed by atoms with van der Waals surface area (Å²) < 4.78 is 5.44. The summed E-state index contributed by atoms with van der Waals surface area (Å²) in [5.74, 6) is 0.849. The molecule has 2 rings (SSSR count). The van der Waals surface area contributed by atoms with Gasteiger partial charge in [-0.2, -0.15) is 0 Å². The minimum Gasteiger partial charge on any atom is -0.494 e. The summed E-state index contributed by atoms with van der Waals surface area (Å²) >= 11 is 5.85. The lowest BCUT2D eigenvalue weighted by molar-refractivity contribution is 0.340. The first-order valence-electron chi connectivity index (χ1n) is 5.15. The van der Waals surface area contributed by atoms with Gasteiger partial charge < -0.3 is 4.74 Å². The fraction of sp³-hybridized carbons (Fsp3) is 0.154. The number of hydrogen-bond donors (Lipinski definition) is 0. The molecule has 0 bridgehead atoms. The SMILES string of the molecule is CCOc1cccc(-c2cccc(Cl)n2)c1. The molecule has 0 aliphatic heterocycles. The summed E-state index contributed by atoms with van der Waals surface area (Å²) in [6.45, 7) is 2.62. The summed E-state index contributed by atoms with van der Waals surface area (Å²) in [6.07, 6.45) is 0. The molecule has 0 aliphatic carbocycles. The lowest BCUT2D eigenvalue weighted by Gasteiger charge is -2.05. The third-order valence-corrected chi connectivity index (χ3v) is 2.37. The molecule has 16 heavy (non-hydrogen) atoms. The van der Waals surface area contributed by atoms with Crippen molar-refractivity contribution in [3.63, 3.8) is 0 Å². The van der Waals surface area contributed by atoms with Crippen molar-refractivity contribution in [3.05, 3.63) is 47.6 Å². The van der Waals surface area contributed by atoms with Crippen molar-refractivity contribution in [1.82, 2.24) is 4.98 Å². The fourth-order valence-electron chi connectivity index (χ4n) is 1.48. The molecular weight excluding hydrogens is 222 g/mol. The Kier molecular flexibility index (Phi) is 3.42. The predicted molar refractivity (Wildman–Crippen MR) is 65.9 cm³/mol. The van der Waals surface area contributed by atoms with Gasteiger partial charge in [-0.25, -0.2) is 4.98 Å². The molecule has 0 radical (unpaired) electrons. The van der Waals surface area contributed by atoms with E-state index in [0.29, 0.717) is 11.8 Å². The van der Waals surface area contributed by atoms with Crippen LogP contribution in [-0.4, -0.2) is 11.6 Å². The smallest absolute Gasteiger partial charge is 0.129 e. The largest absolute Gasteiger partial charge is 0.494 e. The highest BCUT2D eigenvalue weighted by Gasteiger charge is 2.01. The fourth-order valence-corrected chi connectivity index (χ4v) is 1.64. The minimum atomic E-state index is 0.499. The molecule has 0 atom stereocenters. The lowest BCUT2D eigenvalue weighted by atomic mass is 10.1. The van der Waals surface area contributed by atoms with Gasteiger partial charge in [0, 0.05) is 5.56 Å². The molecule has 0 saturated carbocycles. The van der Waals surface area contributed by atoms with Gasteiger partial charge in [-0.1, -0.05) is 29.8 Å². The average Bonchev–Trinajstić information content (AvgIpc) is 2.30. The molecule has 0 saturated heterocycles. The van der Waals surface area contributed by atoms with Crippen molar-refractivity contribution in [3.8, 4) is 17.0 Å². The molecule has 0 N–H and O–H groups in total. The summed E-state index contributed by atoms with van der Waals surface area (Å²) in [7, 11) is 0. The molecule has 0 spiro atoms. The number of benzene rings is 1. The van der Waals surface area contributed by atoms with Crippen LogP contribution in [0.3, 0.4) is 0 Å². The van der Waals surface area contributed by atoms with Gasteiger partial charge in [0.05, 0.1) is 12.3 Å². The third-order valence-electron chi connectivity index (χ3n) is 2.16. The van der Waals surface area contributed by atoms with Crippen molar-refractivity contribution in [2.75, 3.05) is 6.61 Å². The average molecular weight is 234 g/mol. The van der Waals surface area contributed by atoms with Crippen LogP contribution in [0, 0.1) is 0 Å². The van der Waals surface area contributed by atoms with Crippen molar-refractivity contribution in [2.45, 2.75) is 6.92 Å². The van der Waals surface area contributed by atoms with E-state index in [2.05, 4.69) is 4.98 Å². The molecule has 0 unspecified atom stereocenters. The molecule has 1 aromatic carbocycles. The summed E-state index contributed by atoms with van der Waals surface area (Å²) in [5.41, 5.74) is 1.86.